The first-order valence-electron chi connectivity index (χ1n) is 5.43. The van der Waals surface area contributed by atoms with E-state index in [1.807, 2.05) is 0 Å². The van der Waals surface area contributed by atoms with Crippen LogP contribution in [0.4, 0.5) is 8.78 Å². The van der Waals surface area contributed by atoms with Crippen LogP contribution in [0.15, 0.2) is 12.1 Å². The van der Waals surface area contributed by atoms with E-state index in [4.69, 9.17) is 0 Å². The highest BCUT2D eigenvalue weighted by Crippen LogP contribution is 2.33. The molecular formula is C12H15F2N. The molecule has 2 rings (SSSR count). The predicted octanol–water partition coefficient (Wildman–Crippen LogP) is 2.95. The van der Waals surface area contributed by atoms with Crippen molar-refractivity contribution < 1.29 is 8.78 Å². The Hall–Kier alpha value is -0.960. The summed E-state index contributed by atoms with van der Waals surface area (Å²) >= 11 is 0. The zero-order valence-corrected chi connectivity index (χ0v) is 8.82. The normalized spacial score (nSPS) is 19.3. The Balaban J connectivity index is 2.25. The summed E-state index contributed by atoms with van der Waals surface area (Å²) in [5.41, 5.74) is 1.49. The van der Waals surface area contributed by atoms with Crippen molar-refractivity contribution in [3.8, 4) is 0 Å². The van der Waals surface area contributed by atoms with Crippen molar-refractivity contribution in [2.24, 2.45) is 0 Å². The summed E-state index contributed by atoms with van der Waals surface area (Å²) in [6.07, 6.45) is 2.61. The van der Waals surface area contributed by atoms with Crippen LogP contribution >= 0.6 is 0 Å². The van der Waals surface area contributed by atoms with Gasteiger partial charge in [-0.15, -0.1) is 0 Å². The molecule has 0 amide bonds. The molecule has 1 unspecified atom stereocenters. The number of benzene rings is 1. The van der Waals surface area contributed by atoms with Crippen LogP contribution < -0.4 is 5.32 Å². The van der Waals surface area contributed by atoms with Crippen molar-refractivity contribution in [3.63, 3.8) is 0 Å². The lowest BCUT2D eigenvalue weighted by Gasteiger charge is -2.13. The fraction of sp³-hybridized carbons (Fsp3) is 0.500. The van der Waals surface area contributed by atoms with Crippen LogP contribution in [0.25, 0.3) is 0 Å². The van der Waals surface area contributed by atoms with Crippen LogP contribution in [0.1, 0.15) is 36.9 Å². The van der Waals surface area contributed by atoms with Crippen LogP contribution in [0.5, 0.6) is 0 Å². The highest BCUT2D eigenvalue weighted by molar-refractivity contribution is 5.36. The van der Waals surface area contributed by atoms with Crippen molar-refractivity contribution >= 4 is 0 Å². The molecule has 1 N–H and O–H groups in total. The summed E-state index contributed by atoms with van der Waals surface area (Å²) in [5, 5.41) is 3.31. The highest BCUT2D eigenvalue weighted by atomic mass is 19.1. The van der Waals surface area contributed by atoms with Gasteiger partial charge < -0.3 is 5.32 Å². The van der Waals surface area contributed by atoms with Gasteiger partial charge >= 0.3 is 0 Å². The van der Waals surface area contributed by atoms with Crippen molar-refractivity contribution in [1.82, 2.24) is 5.32 Å². The Bertz CT molecular complexity index is 363. The number of nitrogens with one attached hydrogen (secondary N) is 1. The third-order valence-corrected chi connectivity index (χ3v) is 2.89. The van der Waals surface area contributed by atoms with Gasteiger partial charge in [-0.05, 0) is 43.0 Å². The Kier molecular flexibility index (Phi) is 3.00. The summed E-state index contributed by atoms with van der Waals surface area (Å²) < 4.78 is 26.4. The van der Waals surface area contributed by atoms with E-state index in [1.54, 1.807) is 0 Å². The number of hydrogen-bond acceptors (Lipinski definition) is 1. The number of halogens is 2. The first-order chi connectivity index (χ1) is 7.22. The summed E-state index contributed by atoms with van der Waals surface area (Å²) in [7, 11) is 0. The minimum Gasteiger partial charge on any atom is -0.310 e. The van der Waals surface area contributed by atoms with Crippen LogP contribution in [0, 0.1) is 11.6 Å². The van der Waals surface area contributed by atoms with Crippen molar-refractivity contribution in [3.05, 3.63) is 34.9 Å². The maximum Gasteiger partial charge on any atom is 0.129 e. The van der Waals surface area contributed by atoms with E-state index in [1.165, 1.54) is 6.07 Å². The van der Waals surface area contributed by atoms with Gasteiger partial charge in [0.15, 0.2) is 0 Å². The molecule has 1 nitrogen and oxygen atoms in total. The molecule has 15 heavy (non-hydrogen) atoms. The van der Waals surface area contributed by atoms with E-state index in [0.717, 1.165) is 31.0 Å². The summed E-state index contributed by atoms with van der Waals surface area (Å²) in [6, 6.07) is 2.56. The second-order valence-electron chi connectivity index (χ2n) is 4.00. The molecule has 3 heteroatoms. The molecule has 0 heterocycles. The van der Waals surface area contributed by atoms with Gasteiger partial charge in [-0.1, -0.05) is 6.92 Å². The van der Waals surface area contributed by atoms with Gasteiger partial charge in [0, 0.05) is 12.1 Å². The topological polar surface area (TPSA) is 12.0 Å². The van der Waals surface area contributed by atoms with E-state index in [0.29, 0.717) is 12.0 Å². The van der Waals surface area contributed by atoms with Crippen LogP contribution in [0.2, 0.25) is 0 Å². The lowest BCUT2D eigenvalue weighted by atomic mass is 10.1. The van der Waals surface area contributed by atoms with Gasteiger partial charge in [0.25, 0.3) is 0 Å². The quantitative estimate of drug-likeness (QED) is 0.810. The minimum atomic E-state index is -0.476. The monoisotopic (exact) mass is 211 g/mol. The molecule has 1 aromatic rings. The van der Waals surface area contributed by atoms with Gasteiger partial charge in [-0.2, -0.15) is 0 Å². The molecule has 0 aromatic heterocycles. The standard InChI is InChI=1S/C12H15F2N/c1-2-5-15-12-4-3-9-10(12)6-8(13)7-11(9)14/h6-7,12,15H,2-5H2,1H3. The zero-order valence-electron chi connectivity index (χ0n) is 8.82. The van der Waals surface area contributed by atoms with E-state index in [9.17, 15) is 8.78 Å². The molecule has 1 atom stereocenters. The van der Waals surface area contributed by atoms with E-state index >= 15 is 0 Å². The Morgan fingerprint density at radius 3 is 2.93 bits per heavy atom. The maximum absolute atomic E-state index is 13.4. The lowest BCUT2D eigenvalue weighted by molar-refractivity contribution is 0.525. The van der Waals surface area contributed by atoms with E-state index in [2.05, 4.69) is 12.2 Å². The summed E-state index contributed by atoms with van der Waals surface area (Å²) in [4.78, 5) is 0. The molecule has 0 saturated heterocycles. The molecule has 82 valence electrons. The second-order valence-corrected chi connectivity index (χ2v) is 4.00. The molecular weight excluding hydrogens is 196 g/mol. The third kappa shape index (κ3) is 2.02. The van der Waals surface area contributed by atoms with Crippen molar-refractivity contribution in [2.75, 3.05) is 6.54 Å². The maximum atomic E-state index is 13.4. The fourth-order valence-corrected chi connectivity index (χ4v) is 2.17. The van der Waals surface area contributed by atoms with Crippen molar-refractivity contribution in [1.29, 1.82) is 0 Å². The van der Waals surface area contributed by atoms with Gasteiger partial charge in [0.05, 0.1) is 0 Å². The smallest absolute Gasteiger partial charge is 0.129 e. The van der Waals surface area contributed by atoms with Crippen LogP contribution in [-0.4, -0.2) is 6.54 Å². The SMILES string of the molecule is CCCNC1CCc2c(F)cc(F)cc21. The van der Waals surface area contributed by atoms with Gasteiger partial charge in [-0.25, -0.2) is 8.78 Å². The Labute approximate surface area is 88.5 Å². The fourth-order valence-electron chi connectivity index (χ4n) is 2.17. The Morgan fingerprint density at radius 2 is 2.20 bits per heavy atom. The van der Waals surface area contributed by atoms with Gasteiger partial charge in [-0.3, -0.25) is 0 Å². The number of hydrogen-bond donors (Lipinski definition) is 1. The lowest BCUT2D eigenvalue weighted by Crippen LogP contribution is -2.19. The van der Waals surface area contributed by atoms with E-state index in [-0.39, 0.29) is 6.04 Å². The molecule has 0 spiro atoms. The first-order valence-corrected chi connectivity index (χ1v) is 5.43. The molecule has 1 aliphatic carbocycles. The van der Waals surface area contributed by atoms with Gasteiger partial charge in [0.1, 0.15) is 11.6 Å². The average Bonchev–Trinajstić information content (AvgIpc) is 2.58. The number of rotatable bonds is 3. The largest absolute Gasteiger partial charge is 0.310 e. The molecule has 1 aliphatic rings. The molecule has 0 saturated carbocycles. The molecule has 0 radical (unpaired) electrons. The molecule has 0 fully saturated rings. The second kappa shape index (κ2) is 4.27. The predicted molar refractivity (Wildman–Crippen MR) is 55.7 cm³/mol. The molecule has 0 bridgehead atoms. The Morgan fingerprint density at radius 1 is 1.40 bits per heavy atom. The zero-order chi connectivity index (χ0) is 10.8. The van der Waals surface area contributed by atoms with Gasteiger partial charge in [0.2, 0.25) is 0 Å². The summed E-state index contributed by atoms with van der Waals surface area (Å²) in [5.74, 6) is -0.873. The first kappa shape index (κ1) is 10.6. The highest BCUT2D eigenvalue weighted by Gasteiger charge is 2.25. The molecule has 1 aromatic carbocycles. The minimum absolute atomic E-state index is 0.130. The molecule has 0 aliphatic heterocycles. The average molecular weight is 211 g/mol. The van der Waals surface area contributed by atoms with Crippen molar-refractivity contribution in [2.45, 2.75) is 32.2 Å². The van der Waals surface area contributed by atoms with Crippen LogP contribution in [0.3, 0.4) is 0 Å². The van der Waals surface area contributed by atoms with Crippen LogP contribution in [-0.2, 0) is 6.42 Å². The third-order valence-electron chi connectivity index (χ3n) is 2.89. The number of fused-ring (bicyclic) bond motifs is 1. The van der Waals surface area contributed by atoms with E-state index < -0.39 is 11.6 Å². The summed E-state index contributed by atoms with van der Waals surface area (Å²) in [6.45, 7) is 2.97.